The number of halogens is 3. The molecule has 9 nitrogen and oxygen atoms in total. The zero-order chi connectivity index (χ0) is 24.6. The lowest BCUT2D eigenvalue weighted by Crippen LogP contribution is -2.41. The van der Waals surface area contributed by atoms with Gasteiger partial charge in [-0.15, -0.1) is 0 Å². The van der Waals surface area contributed by atoms with E-state index < -0.39 is 39.3 Å². The maximum Gasteiger partial charge on any atom is 0.416 e. The zero-order valence-electron chi connectivity index (χ0n) is 18.0. The number of nitrogens with zero attached hydrogens (tertiary/aromatic N) is 3. The van der Waals surface area contributed by atoms with Crippen molar-refractivity contribution in [3.05, 3.63) is 57.5 Å². The number of nitrogen functional groups attached to an aromatic ring is 1. The number of alkyl halides is 3. The maximum absolute atomic E-state index is 13.1. The molecule has 1 fully saturated rings. The van der Waals surface area contributed by atoms with Gasteiger partial charge in [-0.25, -0.2) is 17.4 Å². The van der Waals surface area contributed by atoms with Crippen molar-refractivity contribution in [2.45, 2.75) is 38.0 Å². The second-order valence-electron chi connectivity index (χ2n) is 7.98. The Morgan fingerprint density at radius 2 is 1.85 bits per heavy atom. The van der Waals surface area contributed by atoms with E-state index in [0.29, 0.717) is 12.8 Å². The van der Waals surface area contributed by atoms with E-state index in [-0.39, 0.29) is 36.1 Å². The second kappa shape index (κ2) is 9.14. The number of hydrogen-bond donors (Lipinski definition) is 2. The van der Waals surface area contributed by atoms with Gasteiger partial charge in [-0.3, -0.25) is 9.59 Å². The summed E-state index contributed by atoms with van der Waals surface area (Å²) in [7, 11) is -3.34. The molecule has 13 heteroatoms. The molecule has 1 aliphatic rings. The van der Waals surface area contributed by atoms with E-state index in [1.165, 1.54) is 29.4 Å². The molecule has 1 aromatic heterocycles. The molecule has 33 heavy (non-hydrogen) atoms. The Balaban J connectivity index is 1.77. The predicted octanol–water partition coefficient (Wildman–Crippen LogP) is 1.93. The van der Waals surface area contributed by atoms with Crippen molar-refractivity contribution in [1.82, 2.24) is 19.4 Å². The molecule has 0 bridgehead atoms. The van der Waals surface area contributed by atoms with Crippen LogP contribution in [-0.4, -0.2) is 47.8 Å². The molecule has 0 spiro atoms. The van der Waals surface area contributed by atoms with E-state index in [0.717, 1.165) is 23.1 Å². The van der Waals surface area contributed by atoms with Gasteiger partial charge in [-0.1, -0.05) is 0 Å². The topological polar surface area (TPSA) is 127 Å². The largest absolute Gasteiger partial charge is 0.416 e. The third-order valence-electron chi connectivity index (χ3n) is 5.45. The fourth-order valence-electron chi connectivity index (χ4n) is 3.67. The minimum Gasteiger partial charge on any atom is -0.399 e. The quantitative estimate of drug-likeness (QED) is 0.621. The van der Waals surface area contributed by atoms with E-state index in [1.54, 1.807) is 0 Å². The van der Waals surface area contributed by atoms with Crippen LogP contribution in [0.1, 0.15) is 53.5 Å². The van der Waals surface area contributed by atoms with E-state index in [4.69, 9.17) is 5.73 Å². The molecule has 0 aliphatic carbocycles. The fourth-order valence-corrected chi connectivity index (χ4v) is 4.54. The molecule has 1 saturated heterocycles. The number of benzene rings is 1. The molecule has 1 amide bonds. The van der Waals surface area contributed by atoms with Crippen LogP contribution >= 0.6 is 0 Å². The Bertz CT molecular complexity index is 1200. The first-order valence-electron chi connectivity index (χ1n) is 10.1. The van der Waals surface area contributed by atoms with E-state index >= 15 is 0 Å². The lowest BCUT2D eigenvalue weighted by molar-refractivity contribution is -0.137. The van der Waals surface area contributed by atoms with Crippen LogP contribution in [0.3, 0.4) is 0 Å². The Morgan fingerprint density at radius 3 is 2.42 bits per heavy atom. The number of rotatable bonds is 5. The number of aromatic nitrogens is 2. The summed E-state index contributed by atoms with van der Waals surface area (Å²) >= 11 is 0. The Morgan fingerprint density at radius 1 is 1.21 bits per heavy atom. The zero-order valence-corrected chi connectivity index (χ0v) is 18.8. The number of nitrogens with one attached hydrogen (secondary N) is 1. The molecular weight excluding hydrogens is 463 g/mol. The Kier molecular flexibility index (Phi) is 6.84. The van der Waals surface area contributed by atoms with Crippen LogP contribution in [-0.2, 0) is 16.2 Å². The van der Waals surface area contributed by atoms with Gasteiger partial charge in [0.05, 0.1) is 23.9 Å². The molecule has 1 aliphatic heterocycles. The first kappa shape index (κ1) is 24.7. The highest BCUT2D eigenvalue weighted by Gasteiger charge is 2.32. The maximum atomic E-state index is 13.1. The molecular formula is C20H24F3N5O4S. The summed E-state index contributed by atoms with van der Waals surface area (Å²) in [6.07, 6.45) is -2.77. The summed E-state index contributed by atoms with van der Waals surface area (Å²) in [5.74, 6) is -0.680. The van der Waals surface area contributed by atoms with Crippen LogP contribution in [0.2, 0.25) is 0 Å². The normalized spacial score (nSPS) is 17.0. The Hall–Kier alpha value is -2.93. The molecule has 2 aromatic rings. The standard InChI is InChI=1S/C20H24F3N5O4S/c1-12(13-9-14(20(21,22)23)11-15(24)10-13)25-19(30)17-3-4-18(29)28(26-17)16-5-7-27(8-6-16)33(2,31)32/h3-4,9-12,16H,5-8,24H2,1-2H3,(H,25,30)/t12-/m1/s1. The van der Waals surface area contributed by atoms with Gasteiger partial charge in [0.1, 0.15) is 5.69 Å². The number of carbonyl (C=O) groups excluding carboxylic acids is 1. The average Bonchev–Trinajstić information content (AvgIpc) is 2.72. The van der Waals surface area contributed by atoms with Crippen LogP contribution in [0, 0.1) is 0 Å². The molecule has 2 heterocycles. The molecule has 3 rings (SSSR count). The van der Waals surface area contributed by atoms with Crippen LogP contribution in [0.4, 0.5) is 18.9 Å². The van der Waals surface area contributed by atoms with Crippen LogP contribution < -0.4 is 16.6 Å². The van der Waals surface area contributed by atoms with Gasteiger partial charge in [0.25, 0.3) is 11.5 Å². The fraction of sp³-hybridized carbons (Fsp3) is 0.450. The average molecular weight is 488 g/mol. The third-order valence-corrected chi connectivity index (χ3v) is 6.75. The predicted molar refractivity (Wildman–Crippen MR) is 115 cm³/mol. The van der Waals surface area contributed by atoms with Crippen molar-refractivity contribution in [3.8, 4) is 0 Å². The van der Waals surface area contributed by atoms with E-state index in [9.17, 15) is 31.2 Å². The van der Waals surface area contributed by atoms with Crippen molar-refractivity contribution < 1.29 is 26.4 Å². The summed E-state index contributed by atoms with van der Waals surface area (Å²) < 4.78 is 65.0. The minimum absolute atomic E-state index is 0.0898. The first-order chi connectivity index (χ1) is 15.3. The lowest BCUT2D eigenvalue weighted by Gasteiger charge is -2.30. The van der Waals surface area contributed by atoms with Crippen molar-refractivity contribution in [3.63, 3.8) is 0 Å². The molecule has 3 N–H and O–H groups in total. The van der Waals surface area contributed by atoms with Gasteiger partial charge in [0, 0.05) is 24.8 Å². The van der Waals surface area contributed by atoms with Crippen LogP contribution in [0.5, 0.6) is 0 Å². The number of nitrogens with two attached hydrogens (primary N) is 1. The number of sulfonamides is 1. The summed E-state index contributed by atoms with van der Waals surface area (Å²) in [4.78, 5) is 25.0. The van der Waals surface area contributed by atoms with Crippen molar-refractivity contribution in [1.29, 1.82) is 0 Å². The van der Waals surface area contributed by atoms with Gasteiger partial charge in [-0.05, 0) is 49.6 Å². The lowest BCUT2D eigenvalue weighted by atomic mass is 10.0. The monoisotopic (exact) mass is 487 g/mol. The van der Waals surface area contributed by atoms with Crippen molar-refractivity contribution in [2.24, 2.45) is 0 Å². The van der Waals surface area contributed by atoms with Crippen molar-refractivity contribution in [2.75, 3.05) is 25.1 Å². The number of hydrogen-bond acceptors (Lipinski definition) is 6. The van der Waals surface area contributed by atoms with E-state index in [1.807, 2.05) is 0 Å². The molecule has 180 valence electrons. The molecule has 1 aromatic carbocycles. The molecule has 0 radical (unpaired) electrons. The summed E-state index contributed by atoms with van der Waals surface area (Å²) in [6, 6.07) is 4.26. The van der Waals surface area contributed by atoms with Gasteiger partial charge >= 0.3 is 6.18 Å². The smallest absolute Gasteiger partial charge is 0.399 e. The highest BCUT2D eigenvalue weighted by molar-refractivity contribution is 7.88. The van der Waals surface area contributed by atoms with Gasteiger partial charge in [0.2, 0.25) is 10.0 Å². The number of carbonyl (C=O) groups is 1. The molecule has 0 unspecified atom stereocenters. The van der Waals surface area contributed by atoms with Crippen LogP contribution in [0.15, 0.2) is 35.1 Å². The molecule has 0 saturated carbocycles. The number of piperidine rings is 1. The van der Waals surface area contributed by atoms with E-state index in [2.05, 4.69) is 10.4 Å². The SMILES string of the molecule is C[C@@H](NC(=O)c1ccc(=O)n(C2CCN(S(C)(=O)=O)CC2)n1)c1cc(N)cc(C(F)(F)F)c1. The Labute approximate surface area is 188 Å². The van der Waals surface area contributed by atoms with Gasteiger partial charge < -0.3 is 11.1 Å². The highest BCUT2D eigenvalue weighted by atomic mass is 32.2. The van der Waals surface area contributed by atoms with Gasteiger partial charge in [0.15, 0.2) is 0 Å². The van der Waals surface area contributed by atoms with Crippen molar-refractivity contribution >= 4 is 21.6 Å². The number of amides is 1. The summed E-state index contributed by atoms with van der Waals surface area (Å²) in [6.45, 7) is 1.95. The molecule has 1 atom stereocenters. The second-order valence-corrected chi connectivity index (χ2v) is 9.96. The first-order valence-corrected chi connectivity index (χ1v) is 11.9. The van der Waals surface area contributed by atoms with Crippen LogP contribution in [0.25, 0.3) is 0 Å². The highest BCUT2D eigenvalue weighted by Crippen LogP contribution is 2.32. The minimum atomic E-state index is -4.59. The summed E-state index contributed by atoms with van der Waals surface area (Å²) in [5, 5.41) is 6.69. The summed E-state index contributed by atoms with van der Waals surface area (Å²) in [5.41, 5.74) is 4.20. The third kappa shape index (κ3) is 5.90. The van der Waals surface area contributed by atoms with Gasteiger partial charge in [-0.2, -0.15) is 18.3 Å². The number of anilines is 1.